The first-order valence-corrected chi connectivity index (χ1v) is 7.16. The fraction of sp³-hybridized carbons (Fsp3) is 0.133. The van der Waals surface area contributed by atoms with E-state index >= 15 is 0 Å². The molecule has 0 saturated carbocycles. The summed E-state index contributed by atoms with van der Waals surface area (Å²) in [6.45, 7) is 1.62. The Balaban J connectivity index is 2.32. The second-order valence-corrected chi connectivity index (χ2v) is 5.73. The maximum Gasteiger partial charge on any atom is 0.339 e. The molecule has 0 bridgehead atoms. The molecule has 0 saturated heterocycles. The maximum atomic E-state index is 13.8. The van der Waals surface area contributed by atoms with Gasteiger partial charge >= 0.3 is 5.97 Å². The number of hydrogen-bond donors (Lipinski definition) is 1. The topological polar surface area (TPSA) is 46.5 Å². The maximum absolute atomic E-state index is 13.8. The fourth-order valence-electron chi connectivity index (χ4n) is 1.89. The van der Waals surface area contributed by atoms with Gasteiger partial charge in [0.1, 0.15) is 23.7 Å². The summed E-state index contributed by atoms with van der Waals surface area (Å²) in [4.78, 5) is 11.3. The van der Waals surface area contributed by atoms with E-state index in [9.17, 15) is 14.3 Å². The molecule has 0 radical (unpaired) electrons. The summed E-state index contributed by atoms with van der Waals surface area (Å²) in [6.07, 6.45) is 0. The Morgan fingerprint density at radius 1 is 1.43 bits per heavy atom. The number of hydrogen-bond acceptors (Lipinski definition) is 2. The van der Waals surface area contributed by atoms with Crippen LogP contribution in [0.25, 0.3) is 0 Å². The second kappa shape index (κ2) is 6.45. The monoisotopic (exact) mass is 372 g/mol. The smallest absolute Gasteiger partial charge is 0.339 e. The average Bonchev–Trinajstić information content (AvgIpc) is 2.41. The largest absolute Gasteiger partial charge is 0.488 e. The lowest BCUT2D eigenvalue weighted by atomic mass is 10.1. The Morgan fingerprint density at radius 3 is 2.81 bits per heavy atom. The van der Waals surface area contributed by atoms with Crippen molar-refractivity contribution in [1.82, 2.24) is 0 Å². The molecule has 0 unspecified atom stereocenters. The normalized spacial score (nSPS) is 10.5. The van der Waals surface area contributed by atoms with Gasteiger partial charge in [0, 0.05) is 10.0 Å². The quantitative estimate of drug-likeness (QED) is 0.835. The summed E-state index contributed by atoms with van der Waals surface area (Å²) >= 11 is 8.93. The fourth-order valence-corrected chi connectivity index (χ4v) is 2.66. The molecule has 2 aromatic rings. The van der Waals surface area contributed by atoms with Gasteiger partial charge in [-0.05, 0) is 30.7 Å². The molecule has 0 spiro atoms. The summed E-state index contributed by atoms with van der Waals surface area (Å²) in [6, 6.07) is 7.76. The van der Waals surface area contributed by atoms with Crippen LogP contribution in [-0.2, 0) is 6.61 Å². The second-order valence-electron chi connectivity index (χ2n) is 4.41. The molecule has 0 fully saturated rings. The highest BCUT2D eigenvalue weighted by Gasteiger charge is 2.16. The van der Waals surface area contributed by atoms with E-state index in [0.717, 1.165) is 0 Å². The van der Waals surface area contributed by atoms with E-state index < -0.39 is 11.8 Å². The molecule has 0 aliphatic heterocycles. The standard InChI is InChI=1S/C15H11BrClFO3/c1-8-5-10(16)6-11(15(19)20)14(8)21-7-9-3-2-4-12(17)13(9)18/h2-6H,7H2,1H3,(H,19,20). The first-order valence-electron chi connectivity index (χ1n) is 5.99. The number of carboxylic acids is 1. The van der Waals surface area contributed by atoms with Crippen LogP contribution in [0, 0.1) is 12.7 Å². The third-order valence-electron chi connectivity index (χ3n) is 2.87. The van der Waals surface area contributed by atoms with E-state index in [1.54, 1.807) is 19.1 Å². The van der Waals surface area contributed by atoms with Crippen molar-refractivity contribution in [1.29, 1.82) is 0 Å². The lowest BCUT2D eigenvalue weighted by molar-refractivity contribution is 0.0691. The molecular formula is C15H11BrClFO3. The highest BCUT2D eigenvalue weighted by atomic mass is 79.9. The predicted octanol–water partition coefficient (Wildman–Crippen LogP) is 4.83. The molecule has 0 atom stereocenters. The van der Waals surface area contributed by atoms with Gasteiger partial charge in [-0.15, -0.1) is 0 Å². The highest BCUT2D eigenvalue weighted by Crippen LogP contribution is 2.29. The minimum absolute atomic E-state index is 0.00193. The van der Waals surface area contributed by atoms with Crippen molar-refractivity contribution in [2.24, 2.45) is 0 Å². The number of rotatable bonds is 4. The Labute approximate surface area is 134 Å². The van der Waals surface area contributed by atoms with Gasteiger partial charge in [-0.25, -0.2) is 9.18 Å². The van der Waals surface area contributed by atoms with Crippen LogP contribution < -0.4 is 4.74 Å². The van der Waals surface area contributed by atoms with Crippen molar-refractivity contribution < 1.29 is 19.0 Å². The van der Waals surface area contributed by atoms with Gasteiger partial charge in [0.25, 0.3) is 0 Å². The van der Waals surface area contributed by atoms with Crippen molar-refractivity contribution >= 4 is 33.5 Å². The molecule has 2 aromatic carbocycles. The SMILES string of the molecule is Cc1cc(Br)cc(C(=O)O)c1OCc1cccc(Cl)c1F. The number of halogens is 3. The summed E-state index contributed by atoms with van der Waals surface area (Å²) in [5, 5.41) is 9.22. The van der Waals surface area contributed by atoms with E-state index in [-0.39, 0.29) is 28.5 Å². The number of carboxylic acid groups (broad SMARTS) is 1. The molecule has 0 heterocycles. The molecule has 0 aromatic heterocycles. The van der Waals surface area contributed by atoms with Crippen molar-refractivity contribution in [3.63, 3.8) is 0 Å². The lowest BCUT2D eigenvalue weighted by Crippen LogP contribution is -2.06. The molecule has 3 nitrogen and oxygen atoms in total. The Kier molecular flexibility index (Phi) is 4.85. The highest BCUT2D eigenvalue weighted by molar-refractivity contribution is 9.10. The summed E-state index contributed by atoms with van der Waals surface area (Å²) < 4.78 is 19.9. The van der Waals surface area contributed by atoms with Crippen molar-refractivity contribution in [2.75, 3.05) is 0 Å². The molecule has 0 aliphatic carbocycles. The molecule has 110 valence electrons. The number of ether oxygens (including phenoxy) is 1. The molecule has 1 N–H and O–H groups in total. The zero-order valence-electron chi connectivity index (χ0n) is 11.0. The zero-order valence-corrected chi connectivity index (χ0v) is 13.3. The Hall–Kier alpha value is -1.59. The molecule has 6 heteroatoms. The van der Waals surface area contributed by atoms with E-state index in [1.165, 1.54) is 18.2 Å². The van der Waals surface area contributed by atoms with E-state index in [4.69, 9.17) is 16.3 Å². The van der Waals surface area contributed by atoms with E-state index in [0.29, 0.717) is 10.0 Å². The minimum atomic E-state index is -1.11. The van der Waals surface area contributed by atoms with Crippen LogP contribution in [0.15, 0.2) is 34.8 Å². The van der Waals surface area contributed by atoms with Crippen LogP contribution in [0.5, 0.6) is 5.75 Å². The van der Waals surface area contributed by atoms with Gasteiger partial charge in [0.15, 0.2) is 0 Å². The first-order chi connectivity index (χ1) is 9.90. The van der Waals surface area contributed by atoms with E-state index in [2.05, 4.69) is 15.9 Å². The van der Waals surface area contributed by atoms with Crippen LogP contribution in [0.3, 0.4) is 0 Å². The molecule has 2 rings (SSSR count). The zero-order chi connectivity index (χ0) is 15.6. The molecule has 0 amide bonds. The summed E-state index contributed by atoms with van der Waals surface area (Å²) in [5.74, 6) is -1.46. The molecular weight excluding hydrogens is 363 g/mol. The van der Waals surface area contributed by atoms with Crippen molar-refractivity contribution in [3.05, 3.63) is 62.3 Å². The predicted molar refractivity (Wildman–Crippen MR) is 81.6 cm³/mol. The summed E-state index contributed by atoms with van der Waals surface area (Å²) in [5.41, 5.74) is 0.926. The Morgan fingerprint density at radius 2 is 2.14 bits per heavy atom. The molecule has 0 aliphatic rings. The minimum Gasteiger partial charge on any atom is -0.488 e. The Bertz CT molecular complexity index is 704. The van der Waals surface area contributed by atoms with Gasteiger partial charge < -0.3 is 9.84 Å². The number of carbonyl (C=O) groups is 1. The third kappa shape index (κ3) is 3.54. The number of aromatic carboxylic acids is 1. The van der Waals surface area contributed by atoms with Crippen molar-refractivity contribution in [2.45, 2.75) is 13.5 Å². The lowest BCUT2D eigenvalue weighted by Gasteiger charge is -2.13. The first kappa shape index (κ1) is 15.8. The molecule has 21 heavy (non-hydrogen) atoms. The van der Waals surface area contributed by atoms with Gasteiger partial charge in [-0.3, -0.25) is 0 Å². The van der Waals surface area contributed by atoms with Gasteiger partial charge in [0.2, 0.25) is 0 Å². The van der Waals surface area contributed by atoms with Crippen LogP contribution in [0.1, 0.15) is 21.5 Å². The van der Waals surface area contributed by atoms with Crippen LogP contribution >= 0.6 is 27.5 Å². The van der Waals surface area contributed by atoms with E-state index in [1.807, 2.05) is 0 Å². The van der Waals surface area contributed by atoms with Crippen LogP contribution in [-0.4, -0.2) is 11.1 Å². The van der Waals surface area contributed by atoms with Gasteiger partial charge in [-0.2, -0.15) is 0 Å². The number of benzene rings is 2. The van der Waals surface area contributed by atoms with Crippen LogP contribution in [0.4, 0.5) is 4.39 Å². The number of aryl methyl sites for hydroxylation is 1. The summed E-state index contributed by atoms with van der Waals surface area (Å²) in [7, 11) is 0. The van der Waals surface area contributed by atoms with Gasteiger partial charge in [0.05, 0.1) is 5.02 Å². The van der Waals surface area contributed by atoms with Crippen molar-refractivity contribution in [3.8, 4) is 5.75 Å². The van der Waals surface area contributed by atoms with Crippen LogP contribution in [0.2, 0.25) is 5.02 Å². The van der Waals surface area contributed by atoms with Gasteiger partial charge in [-0.1, -0.05) is 39.7 Å². The average molecular weight is 374 g/mol. The third-order valence-corrected chi connectivity index (χ3v) is 3.62.